The molecule has 0 N–H and O–H groups in total. The van der Waals surface area contributed by atoms with Gasteiger partial charge in [0.05, 0.1) is 6.10 Å². The third kappa shape index (κ3) is 5.83. The summed E-state index contributed by atoms with van der Waals surface area (Å²) in [7, 11) is 0. The highest BCUT2D eigenvalue weighted by Crippen LogP contribution is 1.97. The van der Waals surface area contributed by atoms with Gasteiger partial charge in [0.1, 0.15) is 0 Å². The summed E-state index contributed by atoms with van der Waals surface area (Å²) >= 11 is 0. The van der Waals surface area contributed by atoms with Gasteiger partial charge in [-0.1, -0.05) is 25.8 Å². The Balaban J connectivity index is 2.95. The predicted molar refractivity (Wildman–Crippen MR) is 45.1 cm³/mol. The SMILES string of the molecule is C=CC(C)OCCCCC. The molecule has 0 amide bonds. The average molecular weight is 142 g/mol. The van der Waals surface area contributed by atoms with E-state index in [1.165, 1.54) is 19.3 Å². The van der Waals surface area contributed by atoms with Gasteiger partial charge in [0.15, 0.2) is 0 Å². The van der Waals surface area contributed by atoms with Crippen LogP contribution in [0.3, 0.4) is 0 Å². The Bertz CT molecular complexity index is 78.8. The Morgan fingerprint density at radius 1 is 1.50 bits per heavy atom. The van der Waals surface area contributed by atoms with Crippen LogP contribution < -0.4 is 0 Å². The summed E-state index contributed by atoms with van der Waals surface area (Å²) in [5.74, 6) is 0. The molecule has 0 aliphatic carbocycles. The van der Waals surface area contributed by atoms with Crippen LogP contribution in [-0.4, -0.2) is 12.7 Å². The van der Waals surface area contributed by atoms with Crippen LogP contribution in [0.5, 0.6) is 0 Å². The standard InChI is InChI=1S/C9H18O/c1-4-6-7-8-10-9(3)5-2/h5,9H,2,4,6-8H2,1,3H3. The van der Waals surface area contributed by atoms with E-state index in [1.807, 2.05) is 13.0 Å². The molecule has 0 heterocycles. The van der Waals surface area contributed by atoms with Crippen molar-refractivity contribution < 1.29 is 4.74 Å². The summed E-state index contributed by atoms with van der Waals surface area (Å²) in [6.07, 6.45) is 5.74. The number of hydrogen-bond acceptors (Lipinski definition) is 1. The largest absolute Gasteiger partial charge is 0.374 e. The second-order valence-electron chi connectivity index (χ2n) is 2.52. The predicted octanol–water partition coefficient (Wildman–Crippen LogP) is 2.77. The average Bonchev–Trinajstić information content (AvgIpc) is 1.98. The summed E-state index contributed by atoms with van der Waals surface area (Å²) in [5, 5.41) is 0. The zero-order chi connectivity index (χ0) is 7.82. The molecule has 1 nitrogen and oxygen atoms in total. The van der Waals surface area contributed by atoms with Gasteiger partial charge >= 0.3 is 0 Å². The van der Waals surface area contributed by atoms with Crippen LogP contribution in [-0.2, 0) is 4.74 Å². The van der Waals surface area contributed by atoms with E-state index in [0.717, 1.165) is 6.61 Å². The maximum atomic E-state index is 5.38. The molecular weight excluding hydrogens is 124 g/mol. The van der Waals surface area contributed by atoms with Crippen LogP contribution in [0.25, 0.3) is 0 Å². The lowest BCUT2D eigenvalue weighted by molar-refractivity contribution is 0.0944. The van der Waals surface area contributed by atoms with Crippen LogP contribution in [0, 0.1) is 0 Å². The van der Waals surface area contributed by atoms with Crippen molar-refractivity contribution >= 4 is 0 Å². The molecule has 0 radical (unpaired) electrons. The Kier molecular flexibility index (Phi) is 6.61. The number of rotatable bonds is 6. The molecule has 0 spiro atoms. The molecule has 1 atom stereocenters. The highest BCUT2D eigenvalue weighted by atomic mass is 16.5. The maximum Gasteiger partial charge on any atom is 0.0725 e. The summed E-state index contributed by atoms with van der Waals surface area (Å²) in [6.45, 7) is 8.71. The molecule has 1 heteroatoms. The number of ether oxygens (including phenoxy) is 1. The lowest BCUT2D eigenvalue weighted by Gasteiger charge is -2.06. The van der Waals surface area contributed by atoms with Gasteiger partial charge in [-0.25, -0.2) is 0 Å². The van der Waals surface area contributed by atoms with Crippen molar-refractivity contribution in [2.75, 3.05) is 6.61 Å². The minimum absolute atomic E-state index is 0.219. The van der Waals surface area contributed by atoms with Gasteiger partial charge in [-0.15, -0.1) is 6.58 Å². The normalized spacial score (nSPS) is 13.0. The lowest BCUT2D eigenvalue weighted by Crippen LogP contribution is -2.04. The molecule has 0 rings (SSSR count). The van der Waals surface area contributed by atoms with Crippen molar-refractivity contribution in [3.05, 3.63) is 12.7 Å². The molecule has 0 aromatic rings. The highest BCUT2D eigenvalue weighted by Gasteiger charge is 1.93. The van der Waals surface area contributed by atoms with Crippen molar-refractivity contribution in [3.63, 3.8) is 0 Å². The Hall–Kier alpha value is -0.300. The summed E-state index contributed by atoms with van der Waals surface area (Å²) in [5.41, 5.74) is 0. The van der Waals surface area contributed by atoms with Gasteiger partial charge in [-0.3, -0.25) is 0 Å². The Morgan fingerprint density at radius 3 is 2.70 bits per heavy atom. The molecular formula is C9H18O. The van der Waals surface area contributed by atoms with Gasteiger partial charge in [-0.05, 0) is 13.3 Å². The molecule has 0 saturated heterocycles. The third-order valence-electron chi connectivity index (χ3n) is 1.46. The topological polar surface area (TPSA) is 9.23 Å². The van der Waals surface area contributed by atoms with Gasteiger partial charge in [0.2, 0.25) is 0 Å². The van der Waals surface area contributed by atoms with Gasteiger partial charge in [-0.2, -0.15) is 0 Å². The fourth-order valence-corrected chi connectivity index (χ4v) is 0.689. The molecule has 1 unspecified atom stereocenters. The van der Waals surface area contributed by atoms with E-state index in [-0.39, 0.29) is 6.10 Å². The fraction of sp³-hybridized carbons (Fsp3) is 0.778. The molecule has 60 valence electrons. The number of hydrogen-bond donors (Lipinski definition) is 0. The third-order valence-corrected chi connectivity index (χ3v) is 1.46. The van der Waals surface area contributed by atoms with Crippen molar-refractivity contribution in [1.82, 2.24) is 0 Å². The quantitative estimate of drug-likeness (QED) is 0.409. The summed E-state index contributed by atoms with van der Waals surface area (Å²) in [4.78, 5) is 0. The van der Waals surface area contributed by atoms with Gasteiger partial charge < -0.3 is 4.74 Å². The molecule has 0 aliphatic rings. The minimum Gasteiger partial charge on any atom is -0.374 e. The smallest absolute Gasteiger partial charge is 0.0725 e. The van der Waals surface area contributed by atoms with E-state index < -0.39 is 0 Å². The van der Waals surface area contributed by atoms with Gasteiger partial charge in [0, 0.05) is 6.61 Å². The molecule has 0 fully saturated rings. The lowest BCUT2D eigenvalue weighted by atomic mass is 10.3. The van der Waals surface area contributed by atoms with Gasteiger partial charge in [0.25, 0.3) is 0 Å². The fourth-order valence-electron chi connectivity index (χ4n) is 0.689. The Morgan fingerprint density at radius 2 is 2.20 bits per heavy atom. The van der Waals surface area contributed by atoms with Crippen LogP contribution in [0.4, 0.5) is 0 Å². The van der Waals surface area contributed by atoms with Crippen LogP contribution >= 0.6 is 0 Å². The van der Waals surface area contributed by atoms with E-state index in [4.69, 9.17) is 4.74 Å². The van der Waals surface area contributed by atoms with E-state index >= 15 is 0 Å². The first kappa shape index (κ1) is 9.70. The van der Waals surface area contributed by atoms with E-state index in [2.05, 4.69) is 13.5 Å². The summed E-state index contributed by atoms with van der Waals surface area (Å²) < 4.78 is 5.38. The second-order valence-corrected chi connectivity index (χ2v) is 2.52. The van der Waals surface area contributed by atoms with Crippen molar-refractivity contribution in [1.29, 1.82) is 0 Å². The first-order valence-corrected chi connectivity index (χ1v) is 4.05. The number of unbranched alkanes of at least 4 members (excludes halogenated alkanes) is 2. The van der Waals surface area contributed by atoms with Crippen molar-refractivity contribution in [2.24, 2.45) is 0 Å². The zero-order valence-corrected chi connectivity index (χ0v) is 7.10. The Labute approximate surface area is 64.1 Å². The van der Waals surface area contributed by atoms with E-state index in [1.54, 1.807) is 0 Å². The van der Waals surface area contributed by atoms with Crippen LogP contribution in [0.2, 0.25) is 0 Å². The van der Waals surface area contributed by atoms with Crippen molar-refractivity contribution in [2.45, 2.75) is 39.2 Å². The van der Waals surface area contributed by atoms with Crippen molar-refractivity contribution in [3.8, 4) is 0 Å². The van der Waals surface area contributed by atoms with Crippen LogP contribution in [0.1, 0.15) is 33.1 Å². The second kappa shape index (κ2) is 6.81. The molecule has 0 bridgehead atoms. The zero-order valence-electron chi connectivity index (χ0n) is 7.10. The molecule has 0 aromatic heterocycles. The minimum atomic E-state index is 0.219. The van der Waals surface area contributed by atoms with E-state index in [9.17, 15) is 0 Å². The molecule has 0 aromatic carbocycles. The summed E-state index contributed by atoms with van der Waals surface area (Å²) in [6, 6.07) is 0. The first-order chi connectivity index (χ1) is 4.81. The molecule has 10 heavy (non-hydrogen) atoms. The monoisotopic (exact) mass is 142 g/mol. The van der Waals surface area contributed by atoms with Crippen LogP contribution in [0.15, 0.2) is 12.7 Å². The highest BCUT2D eigenvalue weighted by molar-refractivity contribution is 4.74. The maximum absolute atomic E-state index is 5.38. The molecule has 0 aliphatic heterocycles. The molecule has 0 saturated carbocycles. The first-order valence-electron chi connectivity index (χ1n) is 4.05. The van der Waals surface area contributed by atoms with E-state index in [0.29, 0.717) is 0 Å².